The number of benzene rings is 1. The molecule has 2 heterocycles. The van der Waals surface area contributed by atoms with Crippen LogP contribution in [0.15, 0.2) is 41.1 Å². The largest absolute Gasteiger partial charge is 0.359 e. The maximum atomic E-state index is 12.2. The lowest BCUT2D eigenvalue weighted by atomic mass is 9.93. The zero-order valence-corrected chi connectivity index (χ0v) is 17.8. The smallest absolute Gasteiger partial charge is 0.324 e. The molecule has 0 fully saturated rings. The molecule has 0 saturated carbocycles. The van der Waals surface area contributed by atoms with Gasteiger partial charge >= 0.3 is 6.03 Å². The van der Waals surface area contributed by atoms with Crippen LogP contribution in [-0.2, 0) is 10.2 Å². The zero-order valence-electron chi connectivity index (χ0n) is 17.0. The van der Waals surface area contributed by atoms with Gasteiger partial charge in [-0.1, -0.05) is 49.3 Å². The second-order valence-corrected chi connectivity index (χ2v) is 8.48. The Hall–Kier alpha value is -3.64. The summed E-state index contributed by atoms with van der Waals surface area (Å²) in [5.41, 5.74) is 1.11. The van der Waals surface area contributed by atoms with E-state index in [-0.39, 0.29) is 11.3 Å². The van der Waals surface area contributed by atoms with Crippen LogP contribution in [0.1, 0.15) is 43.9 Å². The number of nitrogens with one attached hydrogen (secondary N) is 3. The van der Waals surface area contributed by atoms with Gasteiger partial charge in [0.05, 0.1) is 11.1 Å². The molecule has 0 unspecified atom stereocenters. The number of carbonyl (C=O) groups excluding carboxylic acids is 2. The second-order valence-electron chi connectivity index (χ2n) is 7.45. The van der Waals surface area contributed by atoms with Crippen LogP contribution < -0.4 is 16.0 Å². The van der Waals surface area contributed by atoms with Crippen molar-refractivity contribution >= 4 is 39.9 Å². The molecule has 8 nitrogen and oxygen atoms in total. The van der Waals surface area contributed by atoms with Crippen LogP contribution >= 0.6 is 11.3 Å². The van der Waals surface area contributed by atoms with E-state index in [1.54, 1.807) is 30.5 Å². The zero-order chi connectivity index (χ0) is 21.7. The van der Waals surface area contributed by atoms with Gasteiger partial charge in [0.25, 0.3) is 0 Å². The lowest BCUT2D eigenvalue weighted by Crippen LogP contribution is -2.19. The van der Waals surface area contributed by atoms with E-state index < -0.39 is 6.03 Å². The Morgan fingerprint density at radius 3 is 2.60 bits per heavy atom. The highest BCUT2D eigenvalue weighted by molar-refractivity contribution is 7.16. The van der Waals surface area contributed by atoms with Crippen molar-refractivity contribution in [2.75, 3.05) is 16.0 Å². The molecule has 9 heteroatoms. The summed E-state index contributed by atoms with van der Waals surface area (Å²) in [6, 6.07) is 8.41. The van der Waals surface area contributed by atoms with Crippen LogP contribution in [0.2, 0.25) is 0 Å². The molecule has 0 spiro atoms. The number of carbonyl (C=O) groups is 2. The SMILES string of the molecule is CC(=O)Nc1ncc(C#Cc2cccc(NC(=O)Nc3cc(C(C)(C)C)on3)c2)s1. The number of urea groups is 1. The van der Waals surface area contributed by atoms with Crippen molar-refractivity contribution in [2.24, 2.45) is 0 Å². The van der Waals surface area contributed by atoms with Crippen LogP contribution in [0.3, 0.4) is 0 Å². The summed E-state index contributed by atoms with van der Waals surface area (Å²) in [4.78, 5) is 28.1. The summed E-state index contributed by atoms with van der Waals surface area (Å²) in [7, 11) is 0. The molecule has 0 bridgehead atoms. The van der Waals surface area contributed by atoms with Crippen molar-refractivity contribution in [1.82, 2.24) is 10.1 Å². The van der Waals surface area contributed by atoms with Crippen LogP contribution in [0.4, 0.5) is 21.4 Å². The number of hydrogen-bond acceptors (Lipinski definition) is 6. The molecular formula is C21H21N5O3S. The summed E-state index contributed by atoms with van der Waals surface area (Å²) in [6.45, 7) is 7.41. The summed E-state index contributed by atoms with van der Waals surface area (Å²) in [5.74, 6) is 6.86. The van der Waals surface area contributed by atoms with E-state index in [0.717, 1.165) is 10.4 Å². The predicted octanol–water partition coefficient (Wildman–Crippen LogP) is 4.43. The van der Waals surface area contributed by atoms with Gasteiger partial charge in [-0.2, -0.15) is 0 Å². The van der Waals surface area contributed by atoms with Crippen LogP contribution in [0.25, 0.3) is 0 Å². The molecular weight excluding hydrogens is 402 g/mol. The van der Waals surface area contributed by atoms with E-state index in [9.17, 15) is 9.59 Å². The van der Waals surface area contributed by atoms with Crippen LogP contribution in [0.5, 0.6) is 0 Å². The molecule has 0 aliphatic carbocycles. The Kier molecular flexibility index (Phi) is 6.18. The van der Waals surface area contributed by atoms with Gasteiger partial charge in [0.1, 0.15) is 5.76 Å². The average Bonchev–Trinajstić information content (AvgIpc) is 3.29. The van der Waals surface area contributed by atoms with Crippen molar-refractivity contribution in [3.63, 3.8) is 0 Å². The first-order valence-electron chi connectivity index (χ1n) is 9.10. The minimum atomic E-state index is -0.434. The average molecular weight is 423 g/mol. The van der Waals surface area contributed by atoms with Crippen molar-refractivity contribution < 1.29 is 14.1 Å². The third-order valence-corrected chi connectivity index (χ3v) is 4.56. The summed E-state index contributed by atoms with van der Waals surface area (Å²) >= 11 is 1.29. The van der Waals surface area contributed by atoms with E-state index in [4.69, 9.17) is 4.52 Å². The summed E-state index contributed by atoms with van der Waals surface area (Å²) < 4.78 is 5.26. The molecule has 1 aromatic carbocycles. The number of aromatic nitrogens is 2. The molecule has 3 N–H and O–H groups in total. The lowest BCUT2D eigenvalue weighted by molar-refractivity contribution is -0.114. The molecule has 0 radical (unpaired) electrons. The quantitative estimate of drug-likeness (QED) is 0.540. The van der Waals surface area contributed by atoms with Gasteiger partial charge in [-0.05, 0) is 24.1 Å². The van der Waals surface area contributed by atoms with E-state index in [1.165, 1.54) is 18.3 Å². The maximum Gasteiger partial charge on any atom is 0.324 e. The normalized spacial score (nSPS) is 10.7. The number of hydrogen-bond donors (Lipinski definition) is 3. The Labute approximate surface area is 178 Å². The van der Waals surface area contributed by atoms with E-state index in [2.05, 4.69) is 37.9 Å². The first-order chi connectivity index (χ1) is 14.2. The predicted molar refractivity (Wildman–Crippen MR) is 117 cm³/mol. The topological polar surface area (TPSA) is 109 Å². The number of anilines is 3. The number of nitrogens with zero attached hydrogens (tertiary/aromatic N) is 2. The third kappa shape index (κ3) is 5.93. The number of thiazole rings is 1. The summed E-state index contributed by atoms with van der Waals surface area (Å²) in [6.07, 6.45) is 1.60. The fourth-order valence-electron chi connectivity index (χ4n) is 2.31. The van der Waals surface area contributed by atoms with Gasteiger partial charge in [-0.3, -0.25) is 10.1 Å². The molecule has 0 saturated heterocycles. The third-order valence-electron chi connectivity index (χ3n) is 3.73. The fourth-order valence-corrected chi connectivity index (χ4v) is 3.03. The first-order valence-corrected chi connectivity index (χ1v) is 9.91. The monoisotopic (exact) mass is 423 g/mol. The van der Waals surface area contributed by atoms with Crippen molar-refractivity contribution in [3.05, 3.63) is 52.7 Å². The summed E-state index contributed by atoms with van der Waals surface area (Å²) in [5, 5.41) is 12.4. The van der Waals surface area contributed by atoms with Gasteiger partial charge in [0.2, 0.25) is 5.91 Å². The van der Waals surface area contributed by atoms with Gasteiger partial charge in [-0.15, -0.1) is 0 Å². The Bertz CT molecular complexity index is 1130. The Morgan fingerprint density at radius 1 is 1.10 bits per heavy atom. The van der Waals surface area contributed by atoms with E-state index in [0.29, 0.717) is 22.4 Å². The molecule has 0 aliphatic rings. The second kappa shape index (κ2) is 8.80. The molecule has 3 rings (SSSR count). The van der Waals surface area contributed by atoms with Crippen molar-refractivity contribution in [1.29, 1.82) is 0 Å². The number of amides is 3. The van der Waals surface area contributed by atoms with E-state index >= 15 is 0 Å². The van der Waals surface area contributed by atoms with Crippen molar-refractivity contribution in [3.8, 4) is 11.8 Å². The molecule has 3 aromatic rings. The minimum absolute atomic E-state index is 0.179. The first kappa shape index (κ1) is 21.1. The molecule has 30 heavy (non-hydrogen) atoms. The lowest BCUT2D eigenvalue weighted by Gasteiger charge is -2.12. The Morgan fingerprint density at radius 2 is 1.90 bits per heavy atom. The fraction of sp³-hybridized carbons (Fsp3) is 0.238. The molecule has 2 aromatic heterocycles. The van der Waals surface area contributed by atoms with Gasteiger partial charge < -0.3 is 15.2 Å². The van der Waals surface area contributed by atoms with Crippen molar-refractivity contribution in [2.45, 2.75) is 33.1 Å². The maximum absolute atomic E-state index is 12.2. The highest BCUT2D eigenvalue weighted by Crippen LogP contribution is 2.24. The van der Waals surface area contributed by atoms with Gasteiger partial charge in [0.15, 0.2) is 10.9 Å². The minimum Gasteiger partial charge on any atom is -0.359 e. The van der Waals surface area contributed by atoms with Gasteiger partial charge in [0, 0.05) is 29.7 Å². The molecule has 0 atom stereocenters. The van der Waals surface area contributed by atoms with Crippen LogP contribution in [0, 0.1) is 11.8 Å². The molecule has 3 amide bonds. The number of rotatable bonds is 3. The Balaban J connectivity index is 1.63. The van der Waals surface area contributed by atoms with Gasteiger partial charge in [-0.25, -0.2) is 9.78 Å². The standard InChI is InChI=1S/C21H21N5O3S/c1-13(27)23-20-22-12-16(30-20)9-8-14-6-5-7-15(10-14)24-19(28)25-18-11-17(29-26-18)21(2,3)4/h5-7,10-12H,1-4H3,(H,22,23,27)(H2,24,25,26,28). The molecule has 0 aliphatic heterocycles. The van der Waals surface area contributed by atoms with Crippen LogP contribution in [-0.4, -0.2) is 22.1 Å². The molecule has 154 valence electrons. The highest BCUT2D eigenvalue weighted by atomic mass is 32.1. The highest BCUT2D eigenvalue weighted by Gasteiger charge is 2.20. The van der Waals surface area contributed by atoms with E-state index in [1.807, 2.05) is 26.8 Å².